The van der Waals surface area contributed by atoms with E-state index in [9.17, 15) is 9.90 Å². The number of anilines is 2. The molecule has 5 atom stereocenters. The van der Waals surface area contributed by atoms with Crippen molar-refractivity contribution < 1.29 is 24.1 Å². The molecular weight excluding hydrogens is 669 g/mol. The summed E-state index contributed by atoms with van der Waals surface area (Å²) in [5.74, 6) is 1.65. The molecule has 9 nitrogen and oxygen atoms in total. The monoisotopic (exact) mass is 716 g/mol. The minimum Gasteiger partial charge on any atom is -0.497 e. The SMILES string of the molecule is COc1ccc([Si](C)(C)[C@@H]2[C@@H](C)[C@@H](CCc3ccc(N4C(=O)COc5ccccc54)cc3)O[C@H]2CCn2cc(C(CO)c3ccccc3)nn2)cc1. The smallest absolute Gasteiger partial charge is 0.269 e. The molecule has 7 rings (SSSR count). The summed E-state index contributed by atoms with van der Waals surface area (Å²) < 4.78 is 20.1. The van der Waals surface area contributed by atoms with Gasteiger partial charge in [0.15, 0.2) is 6.61 Å². The second-order valence-corrected chi connectivity index (χ2v) is 19.3. The van der Waals surface area contributed by atoms with Gasteiger partial charge >= 0.3 is 0 Å². The Morgan fingerprint density at radius 2 is 1.65 bits per heavy atom. The van der Waals surface area contributed by atoms with Gasteiger partial charge in [-0.2, -0.15) is 0 Å². The molecule has 3 heterocycles. The standard InChI is InChI=1S/C42H48N4O5Si/c1-29-38(23-16-30-14-17-32(18-15-30)46-37-12-8-9-13-39(37)50-28-41(46)48)51-40(42(29)52(3,4)34-21-19-33(49-2)20-22-34)24-25-45-26-36(43-44-45)35(27-47)31-10-6-5-7-11-31/h5-15,17-22,26,29,35,38,40,42,47H,16,23-25,27-28H2,1-4H3/t29-,35?,38+,40-,42+/m0/s1. The van der Waals surface area contributed by atoms with Crippen LogP contribution in [-0.2, 0) is 22.5 Å². The number of rotatable bonds is 13. The molecule has 1 amide bonds. The predicted octanol–water partition coefficient (Wildman–Crippen LogP) is 6.88. The molecule has 4 aromatic carbocycles. The van der Waals surface area contributed by atoms with Crippen LogP contribution in [0.15, 0.2) is 109 Å². The molecule has 0 bridgehead atoms. The lowest BCUT2D eigenvalue weighted by molar-refractivity contribution is -0.120. The number of carbonyl (C=O) groups excluding carboxylic acids is 1. The topological polar surface area (TPSA) is 98.9 Å². The number of hydrogen-bond acceptors (Lipinski definition) is 7. The summed E-state index contributed by atoms with van der Waals surface area (Å²) in [4.78, 5) is 14.6. The van der Waals surface area contributed by atoms with Crippen molar-refractivity contribution in [2.24, 2.45) is 5.92 Å². The minimum atomic E-state index is -2.03. The summed E-state index contributed by atoms with van der Waals surface area (Å²) in [6.45, 7) is 7.99. The van der Waals surface area contributed by atoms with Crippen LogP contribution in [0.25, 0.3) is 0 Å². The normalized spacial score (nSPS) is 20.7. The molecule has 0 saturated carbocycles. The lowest BCUT2D eigenvalue weighted by Crippen LogP contribution is -2.50. The second kappa shape index (κ2) is 15.5. The van der Waals surface area contributed by atoms with Crippen LogP contribution in [0.5, 0.6) is 11.5 Å². The van der Waals surface area contributed by atoms with Crippen molar-refractivity contribution in [1.29, 1.82) is 0 Å². The zero-order valence-electron chi connectivity index (χ0n) is 30.4. The molecule has 2 aliphatic heterocycles. The van der Waals surface area contributed by atoms with Gasteiger partial charge in [0.2, 0.25) is 0 Å². The fraction of sp³-hybridized carbons (Fsp3) is 0.357. The number of carbonyl (C=O) groups is 1. The number of methoxy groups -OCH3 is 1. The van der Waals surface area contributed by atoms with Crippen molar-refractivity contribution >= 4 is 30.5 Å². The molecule has 0 radical (unpaired) electrons. The number of nitrogens with zero attached hydrogens (tertiary/aromatic N) is 4. The summed E-state index contributed by atoms with van der Waals surface area (Å²) in [7, 11) is -0.322. The molecule has 0 spiro atoms. The third-order valence-electron chi connectivity index (χ3n) is 11.1. The first-order valence-corrected chi connectivity index (χ1v) is 21.3. The van der Waals surface area contributed by atoms with E-state index >= 15 is 0 Å². The molecule has 0 aliphatic carbocycles. The Kier molecular flexibility index (Phi) is 10.6. The van der Waals surface area contributed by atoms with Crippen molar-refractivity contribution in [2.75, 3.05) is 25.2 Å². The van der Waals surface area contributed by atoms with E-state index < -0.39 is 8.07 Å². The first-order chi connectivity index (χ1) is 25.3. The van der Waals surface area contributed by atoms with Crippen LogP contribution in [0.1, 0.15) is 42.5 Å². The molecule has 1 fully saturated rings. The van der Waals surface area contributed by atoms with Crippen LogP contribution in [0.2, 0.25) is 18.6 Å². The van der Waals surface area contributed by atoms with Crippen LogP contribution >= 0.6 is 0 Å². The molecule has 52 heavy (non-hydrogen) atoms. The molecule has 2 aliphatic rings. The molecule has 5 aromatic rings. The number of aromatic nitrogens is 3. The van der Waals surface area contributed by atoms with Crippen LogP contribution in [0.3, 0.4) is 0 Å². The van der Waals surface area contributed by atoms with Crippen molar-refractivity contribution in [1.82, 2.24) is 15.0 Å². The third kappa shape index (κ3) is 7.28. The van der Waals surface area contributed by atoms with Gasteiger partial charge in [-0.15, -0.1) is 5.10 Å². The number of para-hydroxylation sites is 2. The number of ether oxygens (including phenoxy) is 3. The average molecular weight is 717 g/mol. The number of fused-ring (bicyclic) bond motifs is 1. The van der Waals surface area contributed by atoms with E-state index in [4.69, 9.17) is 14.2 Å². The first-order valence-electron chi connectivity index (χ1n) is 18.3. The fourth-order valence-corrected chi connectivity index (χ4v) is 12.4. The van der Waals surface area contributed by atoms with Gasteiger partial charge in [-0.3, -0.25) is 14.4 Å². The number of aryl methyl sites for hydroxylation is 2. The van der Waals surface area contributed by atoms with Crippen LogP contribution in [0.4, 0.5) is 11.4 Å². The van der Waals surface area contributed by atoms with Crippen LogP contribution < -0.4 is 19.6 Å². The number of aliphatic hydroxyl groups is 1. The van der Waals surface area contributed by atoms with Gasteiger partial charge in [0, 0.05) is 18.4 Å². The predicted molar refractivity (Wildman–Crippen MR) is 206 cm³/mol. The third-order valence-corrected chi connectivity index (χ3v) is 15.5. The van der Waals surface area contributed by atoms with E-state index in [1.165, 1.54) is 10.8 Å². The van der Waals surface area contributed by atoms with E-state index in [1.807, 2.05) is 77.6 Å². The zero-order valence-corrected chi connectivity index (χ0v) is 31.4. The Bertz CT molecular complexity index is 1950. The summed E-state index contributed by atoms with van der Waals surface area (Å²) in [5, 5.41) is 20.5. The van der Waals surface area contributed by atoms with Crippen molar-refractivity contribution in [3.05, 3.63) is 126 Å². The highest BCUT2D eigenvalue weighted by Gasteiger charge is 2.50. The second-order valence-electron chi connectivity index (χ2n) is 14.6. The summed E-state index contributed by atoms with van der Waals surface area (Å²) in [6, 6.07) is 34.6. The fourth-order valence-electron chi connectivity index (χ4n) is 8.32. The van der Waals surface area contributed by atoms with Crippen molar-refractivity contribution in [2.45, 2.75) is 69.5 Å². The summed E-state index contributed by atoms with van der Waals surface area (Å²) in [5.41, 5.74) is 5.00. The van der Waals surface area contributed by atoms with Crippen molar-refractivity contribution in [3.63, 3.8) is 0 Å². The van der Waals surface area contributed by atoms with E-state index in [-0.39, 0.29) is 37.2 Å². The molecular formula is C42H48N4O5Si. The zero-order chi connectivity index (χ0) is 36.2. The van der Waals surface area contributed by atoms with E-state index in [0.29, 0.717) is 18.0 Å². The lowest BCUT2D eigenvalue weighted by atomic mass is 9.95. The van der Waals surface area contributed by atoms with E-state index in [0.717, 1.165) is 53.4 Å². The van der Waals surface area contributed by atoms with Gasteiger partial charge in [0.25, 0.3) is 5.91 Å². The number of amides is 1. The number of aliphatic hydroxyl groups excluding tert-OH is 1. The Morgan fingerprint density at radius 1 is 0.923 bits per heavy atom. The van der Waals surface area contributed by atoms with Gasteiger partial charge in [0.1, 0.15) is 11.5 Å². The maximum Gasteiger partial charge on any atom is 0.269 e. The highest BCUT2D eigenvalue weighted by molar-refractivity contribution is 6.91. The van der Waals surface area contributed by atoms with E-state index in [2.05, 4.69) is 66.7 Å². The highest BCUT2D eigenvalue weighted by atomic mass is 28.3. The van der Waals surface area contributed by atoms with Crippen molar-refractivity contribution in [3.8, 4) is 11.5 Å². The molecule has 1 N–H and O–H groups in total. The molecule has 1 saturated heterocycles. The minimum absolute atomic E-state index is 0.0284. The highest BCUT2D eigenvalue weighted by Crippen LogP contribution is 2.47. The molecule has 1 unspecified atom stereocenters. The Morgan fingerprint density at radius 3 is 2.38 bits per heavy atom. The molecule has 10 heteroatoms. The van der Waals surface area contributed by atoms with E-state index in [1.54, 1.807) is 12.0 Å². The average Bonchev–Trinajstić information content (AvgIpc) is 3.78. The maximum absolute atomic E-state index is 12.9. The van der Waals surface area contributed by atoms with Gasteiger partial charge in [0.05, 0.1) is 51.3 Å². The Balaban J connectivity index is 1.07. The number of benzene rings is 4. The summed E-state index contributed by atoms with van der Waals surface area (Å²) >= 11 is 0. The van der Waals surface area contributed by atoms with Gasteiger partial charge in [-0.1, -0.05) is 97.1 Å². The summed E-state index contributed by atoms with van der Waals surface area (Å²) in [6.07, 6.45) is 4.74. The van der Waals surface area contributed by atoms with Crippen LogP contribution in [-0.4, -0.2) is 66.6 Å². The van der Waals surface area contributed by atoms with Gasteiger partial charge in [-0.25, -0.2) is 0 Å². The quantitative estimate of drug-likeness (QED) is 0.133. The number of hydrogen-bond donors (Lipinski definition) is 1. The largest absolute Gasteiger partial charge is 0.497 e. The van der Waals surface area contributed by atoms with Gasteiger partial charge < -0.3 is 19.3 Å². The molecule has 270 valence electrons. The first kappa shape index (κ1) is 35.6. The Hall–Kier alpha value is -4.77. The molecule has 1 aromatic heterocycles. The maximum atomic E-state index is 12.9. The Labute approximate surface area is 307 Å². The van der Waals surface area contributed by atoms with Crippen LogP contribution in [0, 0.1) is 5.92 Å². The lowest BCUT2D eigenvalue weighted by Gasteiger charge is -2.36. The van der Waals surface area contributed by atoms with Gasteiger partial charge in [-0.05, 0) is 78.2 Å².